The van der Waals surface area contributed by atoms with E-state index in [4.69, 9.17) is 11.6 Å². The van der Waals surface area contributed by atoms with Crippen LogP contribution in [0.5, 0.6) is 0 Å². The van der Waals surface area contributed by atoms with Gasteiger partial charge in [0.15, 0.2) is 0 Å². The third-order valence-corrected chi connectivity index (χ3v) is 4.11. The second kappa shape index (κ2) is 6.01. The number of rotatable bonds is 3. The van der Waals surface area contributed by atoms with Crippen LogP contribution in [0.4, 0.5) is 14.9 Å². The van der Waals surface area contributed by atoms with Gasteiger partial charge in [-0.15, -0.1) is 0 Å². The van der Waals surface area contributed by atoms with E-state index in [2.05, 4.69) is 5.32 Å². The van der Waals surface area contributed by atoms with E-state index >= 15 is 0 Å². The zero-order valence-electron chi connectivity index (χ0n) is 12.3. The predicted octanol–water partition coefficient (Wildman–Crippen LogP) is 3.84. The number of urea groups is 1. The van der Waals surface area contributed by atoms with Crippen LogP contribution in [0.2, 0.25) is 5.02 Å². The van der Waals surface area contributed by atoms with Crippen molar-refractivity contribution in [1.29, 1.82) is 0 Å². The van der Waals surface area contributed by atoms with E-state index < -0.39 is 23.8 Å². The van der Waals surface area contributed by atoms with Crippen molar-refractivity contribution >= 4 is 29.2 Å². The molecule has 1 N–H and O–H groups in total. The molecule has 1 heterocycles. The van der Waals surface area contributed by atoms with Gasteiger partial charge in [0.05, 0.1) is 10.7 Å². The van der Waals surface area contributed by atoms with E-state index in [1.165, 1.54) is 12.1 Å². The minimum absolute atomic E-state index is 0.140. The van der Waals surface area contributed by atoms with Crippen LogP contribution in [0.15, 0.2) is 42.5 Å². The summed E-state index contributed by atoms with van der Waals surface area (Å²) in [5.41, 5.74) is 2.09. The van der Waals surface area contributed by atoms with Gasteiger partial charge in [-0.05, 0) is 35.7 Å². The van der Waals surface area contributed by atoms with Gasteiger partial charge in [0.25, 0.3) is 5.91 Å². The molecular formula is C17H14ClFN2O2. The van der Waals surface area contributed by atoms with Crippen LogP contribution in [-0.4, -0.2) is 11.9 Å². The van der Waals surface area contributed by atoms with Crippen molar-refractivity contribution in [2.75, 3.05) is 4.90 Å². The van der Waals surface area contributed by atoms with Crippen molar-refractivity contribution in [2.45, 2.75) is 19.4 Å². The van der Waals surface area contributed by atoms with E-state index in [0.717, 1.165) is 23.0 Å². The van der Waals surface area contributed by atoms with Gasteiger partial charge >= 0.3 is 6.03 Å². The lowest BCUT2D eigenvalue weighted by Gasteiger charge is -2.13. The lowest BCUT2D eigenvalue weighted by Crippen LogP contribution is -2.30. The lowest BCUT2D eigenvalue weighted by molar-refractivity contribution is -0.118. The summed E-state index contributed by atoms with van der Waals surface area (Å²) in [4.78, 5) is 25.7. The highest BCUT2D eigenvalue weighted by atomic mass is 35.5. The van der Waals surface area contributed by atoms with Crippen LogP contribution in [-0.2, 0) is 11.2 Å². The number of anilines is 1. The molecule has 0 spiro atoms. The second-order valence-corrected chi connectivity index (χ2v) is 5.66. The van der Waals surface area contributed by atoms with Crippen molar-refractivity contribution in [3.05, 3.63) is 64.4 Å². The molecule has 3 rings (SSSR count). The Bertz CT molecular complexity index is 777. The summed E-state index contributed by atoms with van der Waals surface area (Å²) in [6, 6.07) is 9.92. The Labute approximate surface area is 137 Å². The SMILES string of the molecule is CCc1ccc(C2NC(=O)N(c3ccc(F)c(Cl)c3)C2=O)cc1. The number of halogens is 2. The Morgan fingerprint density at radius 3 is 2.48 bits per heavy atom. The van der Waals surface area contributed by atoms with Crippen LogP contribution >= 0.6 is 11.6 Å². The maximum absolute atomic E-state index is 13.3. The molecule has 0 bridgehead atoms. The average Bonchev–Trinajstić information content (AvgIpc) is 2.85. The fourth-order valence-corrected chi connectivity index (χ4v) is 2.69. The summed E-state index contributed by atoms with van der Waals surface area (Å²) in [6.07, 6.45) is 0.894. The smallest absolute Gasteiger partial charge is 0.321 e. The van der Waals surface area contributed by atoms with Gasteiger partial charge < -0.3 is 5.32 Å². The molecule has 1 saturated heterocycles. The zero-order chi connectivity index (χ0) is 16.6. The molecule has 23 heavy (non-hydrogen) atoms. The van der Waals surface area contributed by atoms with Crippen molar-refractivity contribution in [1.82, 2.24) is 5.32 Å². The van der Waals surface area contributed by atoms with Crippen LogP contribution in [0.25, 0.3) is 0 Å². The number of carbonyl (C=O) groups excluding carboxylic acids is 2. The highest BCUT2D eigenvalue weighted by molar-refractivity contribution is 6.31. The van der Waals surface area contributed by atoms with Crippen LogP contribution in [0, 0.1) is 5.82 Å². The fraction of sp³-hybridized carbons (Fsp3) is 0.176. The first-order chi connectivity index (χ1) is 11.0. The zero-order valence-corrected chi connectivity index (χ0v) is 13.1. The maximum Gasteiger partial charge on any atom is 0.329 e. The number of amides is 3. The minimum Gasteiger partial charge on any atom is -0.321 e. The summed E-state index contributed by atoms with van der Waals surface area (Å²) < 4.78 is 13.3. The number of hydrogen-bond donors (Lipinski definition) is 1. The van der Waals surface area contributed by atoms with E-state index in [9.17, 15) is 14.0 Å². The van der Waals surface area contributed by atoms with Gasteiger partial charge in [0, 0.05) is 0 Å². The largest absolute Gasteiger partial charge is 0.329 e. The first-order valence-corrected chi connectivity index (χ1v) is 7.57. The molecule has 0 radical (unpaired) electrons. The first kappa shape index (κ1) is 15.5. The number of aryl methyl sites for hydroxylation is 1. The Kier molecular flexibility index (Phi) is 4.05. The van der Waals surface area contributed by atoms with Crippen molar-refractivity contribution < 1.29 is 14.0 Å². The third kappa shape index (κ3) is 2.80. The Morgan fingerprint density at radius 1 is 1.17 bits per heavy atom. The third-order valence-electron chi connectivity index (χ3n) is 3.82. The van der Waals surface area contributed by atoms with E-state index in [-0.39, 0.29) is 10.7 Å². The Morgan fingerprint density at radius 2 is 1.87 bits per heavy atom. The topological polar surface area (TPSA) is 49.4 Å². The van der Waals surface area contributed by atoms with E-state index in [1.807, 2.05) is 31.2 Å². The number of nitrogens with zero attached hydrogens (tertiary/aromatic N) is 1. The first-order valence-electron chi connectivity index (χ1n) is 7.19. The van der Waals surface area contributed by atoms with Gasteiger partial charge in [-0.3, -0.25) is 4.79 Å². The van der Waals surface area contributed by atoms with Gasteiger partial charge in [-0.2, -0.15) is 0 Å². The highest BCUT2D eigenvalue weighted by Crippen LogP contribution is 2.29. The molecule has 2 aromatic rings. The summed E-state index contributed by atoms with van der Waals surface area (Å²) >= 11 is 5.73. The van der Waals surface area contributed by atoms with Crippen molar-refractivity contribution in [3.63, 3.8) is 0 Å². The molecule has 1 unspecified atom stereocenters. The number of nitrogens with one attached hydrogen (secondary N) is 1. The van der Waals surface area contributed by atoms with Crippen LogP contribution in [0.1, 0.15) is 24.1 Å². The monoisotopic (exact) mass is 332 g/mol. The molecule has 1 fully saturated rings. The molecule has 0 aliphatic carbocycles. The Hall–Kier alpha value is -2.40. The van der Waals surface area contributed by atoms with Gasteiger partial charge in [-0.1, -0.05) is 42.8 Å². The van der Waals surface area contributed by atoms with Gasteiger partial charge in [0.2, 0.25) is 0 Å². The normalized spacial score (nSPS) is 17.5. The van der Waals surface area contributed by atoms with Gasteiger partial charge in [0.1, 0.15) is 11.9 Å². The lowest BCUT2D eigenvalue weighted by atomic mass is 10.0. The molecule has 0 saturated carbocycles. The van der Waals surface area contributed by atoms with Gasteiger partial charge in [-0.25, -0.2) is 14.1 Å². The number of benzene rings is 2. The van der Waals surface area contributed by atoms with E-state index in [1.54, 1.807) is 0 Å². The maximum atomic E-state index is 13.3. The molecular weight excluding hydrogens is 319 g/mol. The minimum atomic E-state index is -0.753. The summed E-state index contributed by atoms with van der Waals surface area (Å²) in [5.74, 6) is -1.02. The quantitative estimate of drug-likeness (QED) is 0.868. The fourth-order valence-electron chi connectivity index (χ4n) is 2.52. The molecule has 118 valence electrons. The summed E-state index contributed by atoms with van der Waals surface area (Å²) in [6.45, 7) is 2.04. The number of hydrogen-bond acceptors (Lipinski definition) is 2. The molecule has 1 aliphatic heterocycles. The molecule has 1 aliphatic rings. The molecule has 0 aromatic heterocycles. The molecule has 1 atom stereocenters. The predicted molar refractivity (Wildman–Crippen MR) is 86.0 cm³/mol. The van der Waals surface area contributed by atoms with Crippen molar-refractivity contribution in [2.24, 2.45) is 0 Å². The highest BCUT2D eigenvalue weighted by Gasteiger charge is 2.40. The standard InChI is InChI=1S/C17H14ClFN2O2/c1-2-10-3-5-11(6-4-10)15-16(22)21(17(23)20-15)12-7-8-14(19)13(18)9-12/h3-9,15H,2H2,1H3,(H,20,23). The number of imide groups is 1. The summed E-state index contributed by atoms with van der Waals surface area (Å²) in [7, 11) is 0. The van der Waals surface area contributed by atoms with Crippen molar-refractivity contribution in [3.8, 4) is 0 Å². The molecule has 2 aromatic carbocycles. The Balaban J connectivity index is 1.91. The van der Waals surface area contributed by atoms with Crippen LogP contribution in [0.3, 0.4) is 0 Å². The number of carbonyl (C=O) groups is 2. The van der Waals surface area contributed by atoms with E-state index in [0.29, 0.717) is 5.56 Å². The van der Waals surface area contributed by atoms with Crippen LogP contribution < -0.4 is 10.2 Å². The average molecular weight is 333 g/mol. The molecule has 6 heteroatoms. The second-order valence-electron chi connectivity index (χ2n) is 5.25. The summed E-state index contributed by atoms with van der Waals surface area (Å²) in [5, 5.41) is 2.50. The molecule has 3 amide bonds. The molecule has 4 nitrogen and oxygen atoms in total.